The normalized spacial score (nSPS) is 18.3. The minimum absolute atomic E-state index is 0.231. The van der Waals surface area contributed by atoms with Gasteiger partial charge in [0, 0.05) is 4.88 Å². The SMILES string of the molecule is CC(C)(C)[C@H]1CCc2c(sc3nc(-c4cccs4)oc(=O)c23)C1. The molecule has 4 rings (SSSR count). The molecule has 120 valence electrons. The number of rotatable bonds is 1. The Labute approximate surface area is 143 Å². The zero-order valence-electron chi connectivity index (χ0n) is 13.5. The summed E-state index contributed by atoms with van der Waals surface area (Å²) in [6.45, 7) is 6.91. The minimum atomic E-state index is -0.231. The number of thiophene rings is 2. The zero-order valence-corrected chi connectivity index (χ0v) is 15.1. The number of nitrogens with zero attached hydrogens (tertiary/aromatic N) is 1. The first-order valence-corrected chi connectivity index (χ1v) is 9.62. The second-order valence-electron chi connectivity index (χ2n) is 7.27. The molecule has 0 saturated carbocycles. The molecule has 1 aliphatic carbocycles. The molecule has 23 heavy (non-hydrogen) atoms. The van der Waals surface area contributed by atoms with Crippen LogP contribution < -0.4 is 5.63 Å². The molecule has 1 atom stereocenters. The Morgan fingerprint density at radius 2 is 2.17 bits per heavy atom. The van der Waals surface area contributed by atoms with E-state index in [0.717, 1.165) is 34.4 Å². The van der Waals surface area contributed by atoms with Gasteiger partial charge in [-0.2, -0.15) is 0 Å². The summed E-state index contributed by atoms with van der Waals surface area (Å²) in [4.78, 5) is 20.2. The Kier molecular flexibility index (Phi) is 3.46. The van der Waals surface area contributed by atoms with Crippen LogP contribution in [0.15, 0.2) is 26.7 Å². The zero-order chi connectivity index (χ0) is 16.2. The van der Waals surface area contributed by atoms with E-state index in [1.54, 1.807) is 22.7 Å². The van der Waals surface area contributed by atoms with E-state index in [-0.39, 0.29) is 5.63 Å². The van der Waals surface area contributed by atoms with Crippen molar-refractivity contribution in [2.75, 3.05) is 0 Å². The van der Waals surface area contributed by atoms with E-state index in [0.29, 0.717) is 17.2 Å². The van der Waals surface area contributed by atoms with Gasteiger partial charge >= 0.3 is 5.63 Å². The van der Waals surface area contributed by atoms with Gasteiger partial charge in [0.2, 0.25) is 5.89 Å². The molecule has 0 amide bonds. The standard InChI is InChI=1S/C18H19NO2S2/c1-18(2,3)10-6-7-11-13(9-10)23-16-14(11)17(20)21-15(19-16)12-5-4-8-22-12/h4-5,8,10H,6-7,9H2,1-3H3/t10-/m0/s1. The van der Waals surface area contributed by atoms with Gasteiger partial charge in [0.15, 0.2) is 0 Å². The van der Waals surface area contributed by atoms with Gasteiger partial charge in [-0.1, -0.05) is 26.8 Å². The molecule has 3 aromatic rings. The highest BCUT2D eigenvalue weighted by Gasteiger charge is 2.32. The van der Waals surface area contributed by atoms with Crippen molar-refractivity contribution >= 4 is 32.9 Å². The summed E-state index contributed by atoms with van der Waals surface area (Å²) >= 11 is 3.22. The van der Waals surface area contributed by atoms with Crippen LogP contribution in [0, 0.1) is 11.3 Å². The molecule has 5 heteroatoms. The number of aryl methyl sites for hydroxylation is 1. The maximum atomic E-state index is 12.5. The van der Waals surface area contributed by atoms with Gasteiger partial charge in [-0.05, 0) is 47.6 Å². The minimum Gasteiger partial charge on any atom is -0.402 e. The van der Waals surface area contributed by atoms with Crippen molar-refractivity contribution in [2.24, 2.45) is 11.3 Å². The summed E-state index contributed by atoms with van der Waals surface area (Å²) in [5.74, 6) is 1.11. The van der Waals surface area contributed by atoms with Crippen molar-refractivity contribution in [3.05, 3.63) is 38.4 Å². The molecule has 0 spiro atoms. The highest BCUT2D eigenvalue weighted by Crippen LogP contribution is 2.42. The lowest BCUT2D eigenvalue weighted by molar-refractivity contribution is 0.218. The van der Waals surface area contributed by atoms with E-state index in [4.69, 9.17) is 4.42 Å². The van der Waals surface area contributed by atoms with Crippen LogP contribution in [0.4, 0.5) is 0 Å². The highest BCUT2D eigenvalue weighted by atomic mass is 32.1. The second kappa shape index (κ2) is 5.28. The predicted octanol–water partition coefficient (Wildman–Crippen LogP) is 5.13. The van der Waals surface area contributed by atoms with Crippen LogP contribution in [-0.2, 0) is 12.8 Å². The van der Waals surface area contributed by atoms with Gasteiger partial charge < -0.3 is 4.42 Å². The number of aromatic nitrogens is 1. The maximum absolute atomic E-state index is 12.5. The molecule has 0 bridgehead atoms. The fourth-order valence-corrected chi connectivity index (χ4v) is 5.29. The molecule has 0 N–H and O–H groups in total. The third kappa shape index (κ3) is 2.56. The average Bonchev–Trinajstić information content (AvgIpc) is 3.12. The van der Waals surface area contributed by atoms with Gasteiger partial charge in [-0.15, -0.1) is 22.7 Å². The number of fused-ring (bicyclic) bond motifs is 3. The first kappa shape index (κ1) is 15.1. The van der Waals surface area contributed by atoms with Crippen LogP contribution in [0.2, 0.25) is 0 Å². The molecule has 0 unspecified atom stereocenters. The topological polar surface area (TPSA) is 43.1 Å². The van der Waals surface area contributed by atoms with Crippen LogP contribution in [0.1, 0.15) is 37.6 Å². The molecule has 1 aliphatic rings. The smallest absolute Gasteiger partial charge is 0.348 e. The second-order valence-corrected chi connectivity index (χ2v) is 9.30. The van der Waals surface area contributed by atoms with Crippen LogP contribution >= 0.6 is 22.7 Å². The van der Waals surface area contributed by atoms with Crippen molar-refractivity contribution in [2.45, 2.75) is 40.0 Å². The van der Waals surface area contributed by atoms with E-state index in [1.807, 2.05) is 17.5 Å². The molecule has 0 aromatic carbocycles. The Hall–Kier alpha value is -1.46. The molecular formula is C18H19NO2S2. The highest BCUT2D eigenvalue weighted by molar-refractivity contribution is 7.19. The van der Waals surface area contributed by atoms with E-state index in [1.165, 1.54) is 10.4 Å². The molecule has 0 saturated heterocycles. The Morgan fingerprint density at radius 1 is 1.35 bits per heavy atom. The summed E-state index contributed by atoms with van der Waals surface area (Å²) in [6, 6.07) is 3.88. The fourth-order valence-electron chi connectivity index (χ4n) is 3.36. The first-order chi connectivity index (χ1) is 10.9. The van der Waals surface area contributed by atoms with Crippen LogP contribution in [-0.4, -0.2) is 4.98 Å². The molecular weight excluding hydrogens is 326 g/mol. The van der Waals surface area contributed by atoms with E-state index >= 15 is 0 Å². The molecule has 3 nitrogen and oxygen atoms in total. The van der Waals surface area contributed by atoms with Crippen molar-refractivity contribution in [1.82, 2.24) is 4.98 Å². The van der Waals surface area contributed by atoms with Crippen molar-refractivity contribution in [3.63, 3.8) is 0 Å². The van der Waals surface area contributed by atoms with Gasteiger partial charge in [-0.25, -0.2) is 9.78 Å². The van der Waals surface area contributed by atoms with Gasteiger partial charge in [0.1, 0.15) is 10.2 Å². The average molecular weight is 345 g/mol. The van der Waals surface area contributed by atoms with E-state index in [2.05, 4.69) is 25.8 Å². The summed E-state index contributed by atoms with van der Waals surface area (Å²) in [6.07, 6.45) is 3.14. The van der Waals surface area contributed by atoms with E-state index in [9.17, 15) is 4.79 Å². The quantitative estimate of drug-likeness (QED) is 0.614. The van der Waals surface area contributed by atoms with Crippen LogP contribution in [0.25, 0.3) is 21.0 Å². The molecule has 0 aliphatic heterocycles. The van der Waals surface area contributed by atoms with Crippen molar-refractivity contribution < 1.29 is 4.42 Å². The maximum Gasteiger partial charge on any atom is 0.348 e. The Balaban J connectivity index is 1.84. The third-order valence-corrected chi connectivity index (χ3v) is 6.81. The molecule has 3 heterocycles. The predicted molar refractivity (Wildman–Crippen MR) is 96.4 cm³/mol. The number of hydrogen-bond donors (Lipinski definition) is 0. The fraction of sp³-hybridized carbons (Fsp3) is 0.444. The summed E-state index contributed by atoms with van der Waals surface area (Å²) in [5, 5.41) is 2.69. The largest absolute Gasteiger partial charge is 0.402 e. The van der Waals surface area contributed by atoms with Gasteiger partial charge in [0.25, 0.3) is 0 Å². The van der Waals surface area contributed by atoms with Crippen molar-refractivity contribution in [1.29, 1.82) is 0 Å². The van der Waals surface area contributed by atoms with Gasteiger partial charge in [0.05, 0.1) is 4.88 Å². The lowest BCUT2D eigenvalue weighted by Gasteiger charge is -2.33. The monoisotopic (exact) mass is 345 g/mol. The van der Waals surface area contributed by atoms with E-state index < -0.39 is 0 Å². The summed E-state index contributed by atoms with van der Waals surface area (Å²) in [7, 11) is 0. The molecule has 0 radical (unpaired) electrons. The van der Waals surface area contributed by atoms with Crippen LogP contribution in [0.3, 0.4) is 0 Å². The van der Waals surface area contributed by atoms with Crippen LogP contribution in [0.5, 0.6) is 0 Å². The number of hydrogen-bond acceptors (Lipinski definition) is 5. The van der Waals surface area contributed by atoms with Gasteiger partial charge in [-0.3, -0.25) is 0 Å². The molecule has 0 fully saturated rings. The first-order valence-electron chi connectivity index (χ1n) is 7.93. The lowest BCUT2D eigenvalue weighted by atomic mass is 9.72. The lowest BCUT2D eigenvalue weighted by Crippen LogP contribution is -2.26. The Morgan fingerprint density at radius 3 is 2.87 bits per heavy atom. The summed E-state index contributed by atoms with van der Waals surface area (Å²) in [5.41, 5.74) is 1.25. The Bertz CT molecular complexity index is 913. The third-order valence-electron chi connectivity index (χ3n) is 4.80. The van der Waals surface area contributed by atoms with Crippen molar-refractivity contribution in [3.8, 4) is 10.8 Å². The summed E-state index contributed by atoms with van der Waals surface area (Å²) < 4.78 is 5.50. The molecule has 3 aromatic heterocycles.